The number of halogens is 2. The van der Waals surface area contributed by atoms with Gasteiger partial charge in [-0.25, -0.2) is 8.78 Å². The van der Waals surface area contributed by atoms with E-state index >= 15 is 0 Å². The molecule has 0 aromatic heterocycles. The van der Waals surface area contributed by atoms with E-state index in [2.05, 4.69) is 0 Å². The summed E-state index contributed by atoms with van der Waals surface area (Å²) in [6.07, 6.45) is 1.12. The van der Waals surface area contributed by atoms with Crippen LogP contribution in [0, 0.1) is 11.3 Å². The zero-order valence-electron chi connectivity index (χ0n) is 11.7. The molecule has 1 aliphatic heterocycles. The average Bonchev–Trinajstić information content (AvgIpc) is 2.38. The van der Waals surface area contributed by atoms with E-state index in [9.17, 15) is 23.5 Å². The number of likely N-dealkylation sites (tertiary alicyclic amines) is 1. The van der Waals surface area contributed by atoms with Crippen molar-refractivity contribution in [3.8, 4) is 0 Å². The van der Waals surface area contributed by atoms with Crippen LogP contribution < -0.4 is 0 Å². The average molecular weight is 289 g/mol. The molecule has 0 radical (unpaired) electrons. The molecule has 1 heterocycles. The molecule has 0 spiro atoms. The van der Waals surface area contributed by atoms with Crippen LogP contribution in [0.1, 0.15) is 45.4 Å². The van der Waals surface area contributed by atoms with E-state index in [0.717, 1.165) is 0 Å². The number of alkyl halides is 2. The summed E-state index contributed by atoms with van der Waals surface area (Å²) in [6.45, 7) is 2.37. The minimum atomic E-state index is -2.64. The number of carboxylic acids is 1. The van der Waals surface area contributed by atoms with Gasteiger partial charge in [-0.15, -0.1) is 0 Å². The highest BCUT2D eigenvalue weighted by Gasteiger charge is 2.43. The van der Waals surface area contributed by atoms with Gasteiger partial charge in [0.15, 0.2) is 0 Å². The molecule has 6 heteroatoms. The third-order valence-electron chi connectivity index (χ3n) is 4.59. The van der Waals surface area contributed by atoms with Crippen molar-refractivity contribution in [3.05, 3.63) is 0 Å². The van der Waals surface area contributed by atoms with Crippen LogP contribution in [0.5, 0.6) is 0 Å². The maximum Gasteiger partial charge on any atom is 0.311 e. The smallest absolute Gasteiger partial charge is 0.311 e. The van der Waals surface area contributed by atoms with Crippen molar-refractivity contribution >= 4 is 11.9 Å². The SMILES string of the molecule is CC1(C(=O)O)CCCN(C(=O)C2CCC(F)(F)CC2)C1. The lowest BCUT2D eigenvalue weighted by atomic mass is 9.80. The van der Waals surface area contributed by atoms with Gasteiger partial charge in [-0.1, -0.05) is 0 Å². The molecule has 2 rings (SSSR count). The van der Waals surface area contributed by atoms with E-state index < -0.39 is 17.3 Å². The Bertz CT molecular complexity index is 403. The molecule has 1 aliphatic carbocycles. The van der Waals surface area contributed by atoms with Crippen LogP contribution in [-0.2, 0) is 9.59 Å². The fourth-order valence-corrected chi connectivity index (χ4v) is 3.15. The summed E-state index contributed by atoms with van der Waals surface area (Å²) in [5.41, 5.74) is -0.910. The molecule has 1 atom stereocenters. The van der Waals surface area contributed by atoms with E-state index in [1.807, 2.05) is 0 Å². The first-order chi connectivity index (χ1) is 9.23. The van der Waals surface area contributed by atoms with Gasteiger partial charge < -0.3 is 10.0 Å². The first-order valence-electron chi connectivity index (χ1n) is 7.14. The number of aliphatic carboxylic acids is 1. The molecular weight excluding hydrogens is 268 g/mol. The number of rotatable bonds is 2. The van der Waals surface area contributed by atoms with Gasteiger partial charge in [-0.05, 0) is 32.6 Å². The van der Waals surface area contributed by atoms with Crippen molar-refractivity contribution < 1.29 is 23.5 Å². The number of hydrogen-bond donors (Lipinski definition) is 1. The highest BCUT2D eigenvalue weighted by molar-refractivity contribution is 5.81. The maximum atomic E-state index is 13.1. The van der Waals surface area contributed by atoms with Crippen LogP contribution in [-0.4, -0.2) is 40.9 Å². The van der Waals surface area contributed by atoms with Crippen LogP contribution >= 0.6 is 0 Å². The highest BCUT2D eigenvalue weighted by atomic mass is 19.3. The zero-order chi connectivity index (χ0) is 15.0. The summed E-state index contributed by atoms with van der Waals surface area (Å²) in [7, 11) is 0. The molecule has 1 saturated carbocycles. The molecule has 2 aliphatic rings. The van der Waals surface area contributed by atoms with Crippen LogP contribution in [0.3, 0.4) is 0 Å². The zero-order valence-corrected chi connectivity index (χ0v) is 11.7. The first kappa shape index (κ1) is 15.2. The van der Waals surface area contributed by atoms with E-state index in [-0.39, 0.29) is 44.1 Å². The van der Waals surface area contributed by atoms with Crippen LogP contribution in [0.25, 0.3) is 0 Å². The molecular formula is C14H21F2NO3. The first-order valence-corrected chi connectivity index (χ1v) is 7.14. The normalized spacial score (nSPS) is 31.1. The Balaban J connectivity index is 1.98. The molecule has 0 bridgehead atoms. The minimum Gasteiger partial charge on any atom is -0.481 e. The standard InChI is InChI=1S/C14H21F2NO3/c1-13(12(19)20)5-2-8-17(9-13)11(18)10-3-6-14(15,16)7-4-10/h10H,2-9H2,1H3,(H,19,20). The van der Waals surface area contributed by atoms with Gasteiger partial charge in [-0.2, -0.15) is 0 Å². The Kier molecular flexibility index (Phi) is 4.02. The molecule has 0 aromatic carbocycles. The lowest BCUT2D eigenvalue weighted by Crippen LogP contribution is -2.50. The molecule has 1 unspecified atom stereocenters. The van der Waals surface area contributed by atoms with Crippen LogP contribution in [0.4, 0.5) is 8.78 Å². The number of amides is 1. The summed E-state index contributed by atoms with van der Waals surface area (Å²) in [5, 5.41) is 9.24. The van der Waals surface area contributed by atoms with E-state index in [4.69, 9.17) is 0 Å². The molecule has 114 valence electrons. The van der Waals surface area contributed by atoms with Crippen molar-refractivity contribution in [1.82, 2.24) is 4.90 Å². The molecule has 0 aromatic rings. The van der Waals surface area contributed by atoms with E-state index in [0.29, 0.717) is 19.4 Å². The minimum absolute atomic E-state index is 0.146. The highest BCUT2D eigenvalue weighted by Crippen LogP contribution is 2.38. The fourth-order valence-electron chi connectivity index (χ4n) is 3.15. The topological polar surface area (TPSA) is 57.6 Å². The summed E-state index contributed by atoms with van der Waals surface area (Å²) < 4.78 is 26.2. The predicted octanol–water partition coefficient (Wildman–Crippen LogP) is 2.53. The molecule has 4 nitrogen and oxygen atoms in total. The number of nitrogens with zero attached hydrogens (tertiary/aromatic N) is 1. The van der Waals surface area contributed by atoms with Crippen LogP contribution in [0.15, 0.2) is 0 Å². The van der Waals surface area contributed by atoms with Gasteiger partial charge in [0.2, 0.25) is 11.8 Å². The second kappa shape index (κ2) is 5.30. The third kappa shape index (κ3) is 3.10. The molecule has 1 saturated heterocycles. The Morgan fingerprint density at radius 3 is 2.35 bits per heavy atom. The Hall–Kier alpha value is -1.20. The summed E-state index contributed by atoms with van der Waals surface area (Å²) in [6, 6.07) is 0. The van der Waals surface area contributed by atoms with Crippen molar-refractivity contribution in [2.45, 2.75) is 51.4 Å². The van der Waals surface area contributed by atoms with Gasteiger partial charge in [0, 0.05) is 31.8 Å². The number of hydrogen-bond acceptors (Lipinski definition) is 2. The van der Waals surface area contributed by atoms with Crippen molar-refractivity contribution in [3.63, 3.8) is 0 Å². The Morgan fingerprint density at radius 2 is 1.80 bits per heavy atom. The van der Waals surface area contributed by atoms with E-state index in [1.165, 1.54) is 0 Å². The Labute approximate surface area is 117 Å². The third-order valence-corrected chi connectivity index (χ3v) is 4.59. The number of carboxylic acid groups (broad SMARTS) is 1. The number of carbonyl (C=O) groups is 2. The fraction of sp³-hybridized carbons (Fsp3) is 0.857. The van der Waals surface area contributed by atoms with Gasteiger partial charge >= 0.3 is 5.97 Å². The van der Waals surface area contributed by atoms with Crippen LogP contribution in [0.2, 0.25) is 0 Å². The second-order valence-electron chi connectivity index (χ2n) is 6.36. The summed E-state index contributed by atoms with van der Waals surface area (Å²) in [4.78, 5) is 25.2. The predicted molar refractivity (Wildman–Crippen MR) is 68.5 cm³/mol. The lowest BCUT2D eigenvalue weighted by molar-refractivity contribution is -0.155. The molecule has 2 fully saturated rings. The van der Waals surface area contributed by atoms with Gasteiger partial charge in [0.1, 0.15) is 0 Å². The summed E-state index contributed by atoms with van der Waals surface area (Å²) >= 11 is 0. The van der Waals surface area contributed by atoms with Crippen molar-refractivity contribution in [2.75, 3.05) is 13.1 Å². The van der Waals surface area contributed by atoms with Crippen molar-refractivity contribution in [2.24, 2.45) is 11.3 Å². The molecule has 1 amide bonds. The number of piperidine rings is 1. The van der Waals surface area contributed by atoms with Crippen molar-refractivity contribution in [1.29, 1.82) is 0 Å². The maximum absolute atomic E-state index is 13.1. The largest absolute Gasteiger partial charge is 0.481 e. The quantitative estimate of drug-likeness (QED) is 0.850. The van der Waals surface area contributed by atoms with E-state index in [1.54, 1.807) is 11.8 Å². The summed E-state index contributed by atoms with van der Waals surface area (Å²) in [5.74, 6) is -4.06. The van der Waals surface area contributed by atoms with Gasteiger partial charge in [-0.3, -0.25) is 9.59 Å². The molecule has 20 heavy (non-hydrogen) atoms. The Morgan fingerprint density at radius 1 is 1.20 bits per heavy atom. The second-order valence-corrected chi connectivity index (χ2v) is 6.36. The van der Waals surface area contributed by atoms with Gasteiger partial charge in [0.05, 0.1) is 5.41 Å². The molecule has 1 N–H and O–H groups in total. The number of carbonyl (C=O) groups excluding carboxylic acids is 1. The van der Waals surface area contributed by atoms with Gasteiger partial charge in [0.25, 0.3) is 0 Å². The lowest BCUT2D eigenvalue weighted by Gasteiger charge is -2.40. The monoisotopic (exact) mass is 289 g/mol.